The molecule has 0 aromatic carbocycles. The second kappa shape index (κ2) is 8.74. The molecule has 0 aliphatic heterocycles. The second-order valence-corrected chi connectivity index (χ2v) is 5.41. The number of carbonyl (C=O) groups excluding carboxylic acids is 1. The van der Waals surface area contributed by atoms with Gasteiger partial charge in [-0.25, -0.2) is 9.59 Å². The minimum atomic E-state index is -1.00. The van der Waals surface area contributed by atoms with Crippen LogP contribution in [0.5, 0.6) is 0 Å². The van der Waals surface area contributed by atoms with Gasteiger partial charge in [-0.05, 0) is 18.3 Å². The highest BCUT2D eigenvalue weighted by Crippen LogP contribution is 2.18. The summed E-state index contributed by atoms with van der Waals surface area (Å²) < 4.78 is 5.01. The molecular formula is C13H26N2O4. The highest BCUT2D eigenvalue weighted by atomic mass is 16.5. The molecule has 112 valence electrons. The third-order valence-electron chi connectivity index (χ3n) is 2.89. The number of amides is 2. The fourth-order valence-electron chi connectivity index (χ4n) is 1.54. The molecule has 0 rings (SSSR count). The van der Waals surface area contributed by atoms with Gasteiger partial charge in [0, 0.05) is 20.3 Å². The van der Waals surface area contributed by atoms with Crippen LogP contribution in [0.2, 0.25) is 0 Å². The first-order chi connectivity index (χ1) is 8.82. The van der Waals surface area contributed by atoms with Gasteiger partial charge in [0.2, 0.25) is 0 Å². The number of hydrogen-bond donors (Lipinski definition) is 3. The summed E-state index contributed by atoms with van der Waals surface area (Å²) >= 11 is 0. The van der Waals surface area contributed by atoms with Crippen molar-refractivity contribution in [3.05, 3.63) is 0 Å². The van der Waals surface area contributed by atoms with Crippen LogP contribution in [-0.2, 0) is 9.53 Å². The molecule has 1 atom stereocenters. The van der Waals surface area contributed by atoms with E-state index in [2.05, 4.69) is 10.6 Å². The molecule has 0 aliphatic rings. The van der Waals surface area contributed by atoms with Crippen LogP contribution in [0.3, 0.4) is 0 Å². The Morgan fingerprint density at radius 2 is 2.00 bits per heavy atom. The fourth-order valence-corrected chi connectivity index (χ4v) is 1.54. The normalized spacial score (nSPS) is 12.8. The predicted octanol–water partition coefficient (Wildman–Crippen LogP) is 1.60. The number of ether oxygens (including phenoxy) is 1. The van der Waals surface area contributed by atoms with Crippen LogP contribution in [0.1, 0.15) is 40.0 Å². The van der Waals surface area contributed by atoms with Crippen molar-refractivity contribution in [1.82, 2.24) is 10.6 Å². The molecule has 3 N–H and O–H groups in total. The molecule has 0 radical (unpaired) electrons. The highest BCUT2D eigenvalue weighted by Gasteiger charge is 2.21. The summed E-state index contributed by atoms with van der Waals surface area (Å²) in [4.78, 5) is 22.5. The zero-order chi connectivity index (χ0) is 14.9. The number of carboxylic acids is 1. The number of rotatable bonds is 9. The Morgan fingerprint density at radius 1 is 1.37 bits per heavy atom. The van der Waals surface area contributed by atoms with E-state index in [1.165, 1.54) is 0 Å². The number of carboxylic acid groups (broad SMARTS) is 1. The minimum Gasteiger partial charge on any atom is -0.480 e. The first-order valence-corrected chi connectivity index (χ1v) is 6.58. The van der Waals surface area contributed by atoms with Crippen LogP contribution in [0.15, 0.2) is 0 Å². The van der Waals surface area contributed by atoms with Crippen molar-refractivity contribution in [3.63, 3.8) is 0 Å². The lowest BCUT2D eigenvalue weighted by Crippen LogP contribution is -2.48. The lowest BCUT2D eigenvalue weighted by atomic mass is 9.90. The summed E-state index contributed by atoms with van der Waals surface area (Å²) in [6.07, 6.45) is 1.95. The Balaban J connectivity index is 4.12. The van der Waals surface area contributed by atoms with Gasteiger partial charge >= 0.3 is 12.0 Å². The Hall–Kier alpha value is -1.30. The van der Waals surface area contributed by atoms with Crippen molar-refractivity contribution in [2.45, 2.75) is 46.1 Å². The molecule has 0 fully saturated rings. The molecule has 0 aromatic heterocycles. The number of methoxy groups -OCH3 is 1. The third-order valence-corrected chi connectivity index (χ3v) is 2.89. The van der Waals surface area contributed by atoms with Crippen molar-refractivity contribution in [1.29, 1.82) is 0 Å². The van der Waals surface area contributed by atoms with Gasteiger partial charge in [-0.3, -0.25) is 0 Å². The van der Waals surface area contributed by atoms with E-state index in [1.807, 2.05) is 20.8 Å². The summed E-state index contributed by atoms with van der Waals surface area (Å²) in [7, 11) is 1.64. The Labute approximate surface area is 114 Å². The van der Waals surface area contributed by atoms with Crippen molar-refractivity contribution >= 4 is 12.0 Å². The van der Waals surface area contributed by atoms with Gasteiger partial charge in [0.15, 0.2) is 0 Å². The predicted molar refractivity (Wildman–Crippen MR) is 73.1 cm³/mol. The molecule has 0 aliphatic carbocycles. The van der Waals surface area contributed by atoms with E-state index in [0.717, 1.165) is 6.42 Å². The fraction of sp³-hybridized carbons (Fsp3) is 0.846. The van der Waals surface area contributed by atoms with Crippen LogP contribution < -0.4 is 10.6 Å². The summed E-state index contributed by atoms with van der Waals surface area (Å²) in [5.41, 5.74) is -0.0865. The van der Waals surface area contributed by atoms with Gasteiger partial charge in [0.25, 0.3) is 0 Å². The zero-order valence-corrected chi connectivity index (χ0v) is 12.3. The first kappa shape index (κ1) is 17.7. The van der Waals surface area contributed by atoms with Crippen molar-refractivity contribution in [2.75, 3.05) is 20.3 Å². The molecule has 2 amide bonds. The number of nitrogens with one attached hydrogen (secondary N) is 2. The van der Waals surface area contributed by atoms with Crippen LogP contribution in [-0.4, -0.2) is 43.4 Å². The number of hydrogen-bond acceptors (Lipinski definition) is 3. The van der Waals surface area contributed by atoms with Gasteiger partial charge in [-0.1, -0.05) is 27.2 Å². The van der Waals surface area contributed by atoms with Crippen LogP contribution in [0, 0.1) is 5.41 Å². The first-order valence-electron chi connectivity index (χ1n) is 6.58. The maximum atomic E-state index is 11.6. The van der Waals surface area contributed by atoms with E-state index in [-0.39, 0.29) is 5.41 Å². The molecule has 0 saturated heterocycles. The van der Waals surface area contributed by atoms with Crippen molar-refractivity contribution in [3.8, 4) is 0 Å². The largest absolute Gasteiger partial charge is 0.480 e. The van der Waals surface area contributed by atoms with Crippen molar-refractivity contribution < 1.29 is 19.4 Å². The molecule has 6 heteroatoms. The molecule has 19 heavy (non-hydrogen) atoms. The highest BCUT2D eigenvalue weighted by molar-refractivity contribution is 5.82. The smallest absolute Gasteiger partial charge is 0.326 e. The maximum absolute atomic E-state index is 11.6. The molecule has 0 unspecified atom stereocenters. The maximum Gasteiger partial charge on any atom is 0.326 e. The Morgan fingerprint density at radius 3 is 2.47 bits per heavy atom. The molecule has 0 saturated carbocycles. The van der Waals surface area contributed by atoms with Gasteiger partial charge in [0.05, 0.1) is 0 Å². The van der Waals surface area contributed by atoms with E-state index in [9.17, 15) is 9.59 Å². The standard InChI is InChI=1S/C13H26N2O4/c1-5-6-10(11(16)17)15-12(18)14-9-13(2,3)7-8-19-4/h10H,5-9H2,1-4H3,(H,16,17)(H2,14,15,18)/t10-/m1/s1. The minimum absolute atomic E-state index is 0.0865. The van der Waals surface area contributed by atoms with Crippen LogP contribution >= 0.6 is 0 Å². The zero-order valence-electron chi connectivity index (χ0n) is 12.3. The second-order valence-electron chi connectivity index (χ2n) is 5.41. The quantitative estimate of drug-likeness (QED) is 0.596. The van der Waals surface area contributed by atoms with Gasteiger partial charge < -0.3 is 20.5 Å². The molecule has 0 heterocycles. The third kappa shape index (κ3) is 8.42. The monoisotopic (exact) mass is 274 g/mol. The number of urea groups is 1. The van der Waals surface area contributed by atoms with E-state index < -0.39 is 18.0 Å². The lowest BCUT2D eigenvalue weighted by Gasteiger charge is -2.25. The van der Waals surface area contributed by atoms with Gasteiger partial charge in [-0.15, -0.1) is 0 Å². The molecular weight excluding hydrogens is 248 g/mol. The van der Waals surface area contributed by atoms with Gasteiger partial charge in [0.1, 0.15) is 6.04 Å². The summed E-state index contributed by atoms with van der Waals surface area (Å²) in [6, 6.07) is -1.27. The topological polar surface area (TPSA) is 87.7 Å². The lowest BCUT2D eigenvalue weighted by molar-refractivity contribution is -0.139. The van der Waals surface area contributed by atoms with E-state index >= 15 is 0 Å². The number of carbonyl (C=O) groups is 2. The summed E-state index contributed by atoms with van der Waals surface area (Å²) in [6.45, 7) is 7.02. The van der Waals surface area contributed by atoms with E-state index in [0.29, 0.717) is 26.0 Å². The molecule has 0 aromatic rings. The molecule has 0 bridgehead atoms. The molecule has 0 spiro atoms. The average Bonchev–Trinajstić information content (AvgIpc) is 2.33. The van der Waals surface area contributed by atoms with Crippen LogP contribution in [0.25, 0.3) is 0 Å². The van der Waals surface area contributed by atoms with E-state index in [4.69, 9.17) is 9.84 Å². The Bertz CT molecular complexity index is 292. The summed E-state index contributed by atoms with van der Waals surface area (Å²) in [5, 5.41) is 14.1. The SMILES string of the molecule is CCC[C@@H](NC(=O)NCC(C)(C)CCOC)C(=O)O. The van der Waals surface area contributed by atoms with Crippen LogP contribution in [0.4, 0.5) is 4.79 Å². The summed E-state index contributed by atoms with van der Waals surface area (Å²) in [5.74, 6) is -1.00. The van der Waals surface area contributed by atoms with Gasteiger partial charge in [-0.2, -0.15) is 0 Å². The van der Waals surface area contributed by atoms with Crippen molar-refractivity contribution in [2.24, 2.45) is 5.41 Å². The average molecular weight is 274 g/mol. The Kier molecular flexibility index (Phi) is 8.14. The number of aliphatic carboxylic acids is 1. The molecule has 6 nitrogen and oxygen atoms in total. The van der Waals surface area contributed by atoms with E-state index in [1.54, 1.807) is 7.11 Å².